The molecule has 1 aliphatic carbocycles. The van der Waals surface area contributed by atoms with Crippen LogP contribution in [0.4, 0.5) is 0 Å². The third-order valence-corrected chi connectivity index (χ3v) is 4.69. The summed E-state index contributed by atoms with van der Waals surface area (Å²) in [6.07, 6.45) is 11.2. The first-order valence-corrected chi connectivity index (χ1v) is 8.47. The van der Waals surface area contributed by atoms with E-state index in [4.69, 9.17) is 4.74 Å². The summed E-state index contributed by atoms with van der Waals surface area (Å²) < 4.78 is 5.93. The molecule has 0 aliphatic heterocycles. The van der Waals surface area contributed by atoms with Crippen molar-refractivity contribution in [2.75, 3.05) is 6.61 Å². The molecule has 0 saturated heterocycles. The van der Waals surface area contributed by atoms with Gasteiger partial charge in [-0.3, -0.25) is 0 Å². The van der Waals surface area contributed by atoms with Crippen LogP contribution in [0, 0.1) is 18.8 Å². The molecule has 112 valence electrons. The molecule has 0 N–H and O–H groups in total. The van der Waals surface area contributed by atoms with Crippen LogP contribution < -0.4 is 4.74 Å². The zero-order chi connectivity index (χ0) is 14.2. The smallest absolute Gasteiger partial charge is 0.119 e. The molecule has 0 unspecified atom stereocenters. The highest BCUT2D eigenvalue weighted by Crippen LogP contribution is 2.32. The first-order chi connectivity index (χ1) is 9.78. The lowest BCUT2D eigenvalue weighted by Gasteiger charge is -2.28. The Labute approximate surface area is 124 Å². The molecule has 0 radical (unpaired) electrons. The van der Waals surface area contributed by atoms with Gasteiger partial charge in [-0.15, -0.1) is 0 Å². The molecule has 0 bridgehead atoms. The molecular formula is C19H30O. The fraction of sp³-hybridized carbons (Fsp3) is 0.684. The van der Waals surface area contributed by atoms with Gasteiger partial charge in [0.05, 0.1) is 6.61 Å². The van der Waals surface area contributed by atoms with Gasteiger partial charge in [0, 0.05) is 0 Å². The molecule has 0 atom stereocenters. The molecule has 0 amide bonds. The topological polar surface area (TPSA) is 9.23 Å². The molecule has 2 rings (SSSR count). The van der Waals surface area contributed by atoms with Crippen LogP contribution in [0.25, 0.3) is 0 Å². The molecule has 1 aliphatic rings. The largest absolute Gasteiger partial charge is 0.493 e. The van der Waals surface area contributed by atoms with Crippen molar-refractivity contribution in [1.82, 2.24) is 0 Å². The van der Waals surface area contributed by atoms with Crippen LogP contribution >= 0.6 is 0 Å². The Bertz CT molecular complexity index is 360. The Kier molecular flexibility index (Phi) is 6.42. The second-order valence-corrected chi connectivity index (χ2v) is 6.51. The van der Waals surface area contributed by atoms with E-state index < -0.39 is 0 Å². The van der Waals surface area contributed by atoms with Gasteiger partial charge in [-0.05, 0) is 43.7 Å². The minimum atomic E-state index is 0.777. The maximum absolute atomic E-state index is 5.93. The maximum atomic E-state index is 5.93. The van der Waals surface area contributed by atoms with Gasteiger partial charge in [0.1, 0.15) is 5.75 Å². The van der Waals surface area contributed by atoms with Crippen molar-refractivity contribution in [2.24, 2.45) is 11.8 Å². The minimum absolute atomic E-state index is 0.777. The second-order valence-electron chi connectivity index (χ2n) is 6.51. The minimum Gasteiger partial charge on any atom is -0.493 e. The van der Waals surface area contributed by atoms with Gasteiger partial charge in [0.2, 0.25) is 0 Å². The molecule has 1 heteroatoms. The lowest BCUT2D eigenvalue weighted by atomic mass is 9.80. The Morgan fingerprint density at radius 3 is 2.25 bits per heavy atom. The van der Waals surface area contributed by atoms with Gasteiger partial charge >= 0.3 is 0 Å². The number of hydrogen-bond acceptors (Lipinski definition) is 1. The molecule has 1 saturated carbocycles. The third-order valence-electron chi connectivity index (χ3n) is 4.69. The lowest BCUT2D eigenvalue weighted by molar-refractivity contribution is 0.177. The van der Waals surface area contributed by atoms with Gasteiger partial charge in [0.15, 0.2) is 0 Å². The number of benzene rings is 1. The van der Waals surface area contributed by atoms with Crippen molar-refractivity contribution in [3.8, 4) is 5.75 Å². The van der Waals surface area contributed by atoms with Crippen LogP contribution in [0.3, 0.4) is 0 Å². The van der Waals surface area contributed by atoms with E-state index in [1.165, 1.54) is 56.9 Å². The van der Waals surface area contributed by atoms with E-state index in [-0.39, 0.29) is 0 Å². The third kappa shape index (κ3) is 5.19. The van der Waals surface area contributed by atoms with Crippen LogP contribution in [0.1, 0.15) is 63.9 Å². The Morgan fingerprint density at radius 2 is 1.60 bits per heavy atom. The van der Waals surface area contributed by atoms with Crippen molar-refractivity contribution in [2.45, 2.75) is 65.2 Å². The number of rotatable bonds is 7. The summed E-state index contributed by atoms with van der Waals surface area (Å²) in [5.74, 6) is 2.80. The predicted octanol–water partition coefficient (Wildman–Crippen LogP) is 5.76. The number of hydrogen-bond donors (Lipinski definition) is 0. The summed E-state index contributed by atoms with van der Waals surface area (Å²) in [7, 11) is 0. The highest BCUT2D eigenvalue weighted by Gasteiger charge is 2.21. The highest BCUT2D eigenvalue weighted by molar-refractivity contribution is 5.26. The SMILES string of the molecule is CCCCCC1CCC(COc2ccc(C)cc2)CC1. The van der Waals surface area contributed by atoms with E-state index in [0.29, 0.717) is 0 Å². The van der Waals surface area contributed by atoms with Crippen LogP contribution in [-0.4, -0.2) is 6.61 Å². The van der Waals surface area contributed by atoms with Gasteiger partial charge < -0.3 is 4.74 Å². The molecule has 1 fully saturated rings. The molecule has 20 heavy (non-hydrogen) atoms. The summed E-state index contributed by atoms with van der Waals surface area (Å²) in [6, 6.07) is 8.43. The first kappa shape index (κ1) is 15.4. The average Bonchev–Trinajstić information content (AvgIpc) is 2.48. The van der Waals surface area contributed by atoms with Crippen LogP contribution in [0.2, 0.25) is 0 Å². The van der Waals surface area contributed by atoms with Crippen LogP contribution in [0.15, 0.2) is 24.3 Å². The maximum Gasteiger partial charge on any atom is 0.119 e. The van der Waals surface area contributed by atoms with Crippen molar-refractivity contribution in [3.63, 3.8) is 0 Å². The fourth-order valence-corrected chi connectivity index (χ4v) is 3.22. The second kappa shape index (κ2) is 8.34. The van der Waals surface area contributed by atoms with Gasteiger partial charge in [-0.25, -0.2) is 0 Å². The summed E-state index contributed by atoms with van der Waals surface area (Å²) in [6.45, 7) is 5.31. The molecule has 0 spiro atoms. The van der Waals surface area contributed by atoms with Gasteiger partial charge in [-0.1, -0.05) is 63.1 Å². The molecule has 1 aromatic rings. The molecule has 1 nitrogen and oxygen atoms in total. The standard InChI is InChI=1S/C19H30O/c1-3-4-5-6-17-9-11-18(12-10-17)15-20-19-13-7-16(2)8-14-19/h7-8,13-14,17-18H,3-6,9-12,15H2,1-2H3. The Balaban J connectivity index is 1.63. The van der Waals surface area contributed by atoms with E-state index >= 15 is 0 Å². The normalized spacial score (nSPS) is 22.7. The molecular weight excluding hydrogens is 244 g/mol. The summed E-state index contributed by atoms with van der Waals surface area (Å²) >= 11 is 0. The van der Waals surface area contributed by atoms with Gasteiger partial charge in [-0.2, -0.15) is 0 Å². The zero-order valence-electron chi connectivity index (χ0n) is 13.2. The monoisotopic (exact) mass is 274 g/mol. The Hall–Kier alpha value is -0.980. The summed E-state index contributed by atoms with van der Waals surface area (Å²) in [4.78, 5) is 0. The lowest BCUT2D eigenvalue weighted by Crippen LogP contribution is -2.20. The van der Waals surface area contributed by atoms with Crippen molar-refractivity contribution < 1.29 is 4.74 Å². The quantitative estimate of drug-likeness (QED) is 0.574. The van der Waals surface area contributed by atoms with Crippen LogP contribution in [-0.2, 0) is 0 Å². The van der Waals surface area contributed by atoms with Crippen molar-refractivity contribution in [1.29, 1.82) is 0 Å². The number of ether oxygens (including phenoxy) is 1. The van der Waals surface area contributed by atoms with Crippen molar-refractivity contribution in [3.05, 3.63) is 29.8 Å². The Morgan fingerprint density at radius 1 is 0.950 bits per heavy atom. The predicted molar refractivity (Wildman–Crippen MR) is 86.3 cm³/mol. The summed E-state index contributed by atoms with van der Waals surface area (Å²) in [5, 5.41) is 0. The molecule has 0 aromatic heterocycles. The van der Waals surface area contributed by atoms with E-state index in [1.807, 2.05) is 0 Å². The van der Waals surface area contributed by atoms with E-state index in [1.54, 1.807) is 0 Å². The van der Waals surface area contributed by atoms with Crippen LogP contribution in [0.5, 0.6) is 5.75 Å². The average molecular weight is 274 g/mol. The van der Waals surface area contributed by atoms with E-state index in [2.05, 4.69) is 38.1 Å². The van der Waals surface area contributed by atoms with Gasteiger partial charge in [0.25, 0.3) is 0 Å². The van der Waals surface area contributed by atoms with Crippen molar-refractivity contribution >= 4 is 0 Å². The number of unbranched alkanes of at least 4 members (excludes halogenated alkanes) is 2. The number of aryl methyl sites for hydroxylation is 1. The molecule has 0 heterocycles. The zero-order valence-corrected chi connectivity index (χ0v) is 13.2. The molecule has 1 aromatic carbocycles. The summed E-state index contributed by atoms with van der Waals surface area (Å²) in [5.41, 5.74) is 1.30. The first-order valence-electron chi connectivity index (χ1n) is 8.47. The van der Waals surface area contributed by atoms with E-state index in [9.17, 15) is 0 Å². The van der Waals surface area contributed by atoms with E-state index in [0.717, 1.165) is 24.2 Å². The highest BCUT2D eigenvalue weighted by atomic mass is 16.5. The fourth-order valence-electron chi connectivity index (χ4n) is 3.22.